The summed E-state index contributed by atoms with van der Waals surface area (Å²) in [7, 11) is 0. The quantitative estimate of drug-likeness (QED) is 0.235. The number of ether oxygens (including phenoxy) is 4. The van der Waals surface area contributed by atoms with Crippen LogP contribution in [0.4, 0.5) is 0 Å². The number of fused-ring (bicyclic) bond motifs is 4. The third-order valence-electron chi connectivity index (χ3n) is 11.8. The summed E-state index contributed by atoms with van der Waals surface area (Å²) >= 11 is 0. The number of Topliss-reactive ketones (excluding diaryl/α,β-unsaturated/α-hetero) is 1. The molecule has 11 atom stereocenters. The van der Waals surface area contributed by atoms with Crippen molar-refractivity contribution < 1.29 is 53.1 Å². The lowest BCUT2D eigenvalue weighted by Gasteiger charge is -2.54. The Morgan fingerprint density at radius 1 is 1.10 bits per heavy atom. The largest absolute Gasteiger partial charge is 0.462 e. The third kappa shape index (κ3) is 5.35. The second-order valence-corrected chi connectivity index (χ2v) is 14.9. The zero-order chi connectivity index (χ0) is 35.6. The van der Waals surface area contributed by atoms with Gasteiger partial charge in [-0.2, -0.15) is 0 Å². The van der Waals surface area contributed by atoms with Crippen LogP contribution < -0.4 is 0 Å². The van der Waals surface area contributed by atoms with Crippen LogP contribution in [0, 0.1) is 40.4 Å². The molecule has 4 aliphatic rings. The Balaban J connectivity index is 1.83. The minimum atomic E-state index is -2.34. The molecule has 1 aromatic rings. The summed E-state index contributed by atoms with van der Waals surface area (Å²) in [4.78, 5) is 72.1. The van der Waals surface area contributed by atoms with E-state index in [1.807, 2.05) is 13.8 Å². The smallest absolute Gasteiger partial charge is 0.339 e. The number of hydrogen-bond donors (Lipinski definition) is 2. The number of esters is 4. The molecule has 0 spiro atoms. The molecule has 1 heterocycles. The third-order valence-corrected chi connectivity index (χ3v) is 11.8. The predicted octanol–water partition coefficient (Wildman–Crippen LogP) is 3.37. The zero-order valence-corrected chi connectivity index (χ0v) is 28.8. The summed E-state index contributed by atoms with van der Waals surface area (Å²) in [5, 5.41) is 25.2. The van der Waals surface area contributed by atoms with Crippen LogP contribution in [-0.2, 0) is 38.1 Å². The molecule has 0 amide bonds. The summed E-state index contributed by atoms with van der Waals surface area (Å²) in [5.74, 6) is -7.53. The van der Waals surface area contributed by atoms with E-state index in [0.717, 1.165) is 6.92 Å². The van der Waals surface area contributed by atoms with Crippen molar-refractivity contribution in [3.8, 4) is 0 Å². The van der Waals surface area contributed by atoms with E-state index in [2.05, 4.69) is 4.98 Å². The molecule has 4 aliphatic carbocycles. The summed E-state index contributed by atoms with van der Waals surface area (Å²) in [6.45, 7) is 12.4. The lowest BCUT2D eigenvalue weighted by molar-refractivity contribution is -0.229. The molecule has 1 aromatic heterocycles. The van der Waals surface area contributed by atoms with E-state index in [9.17, 15) is 29.4 Å². The van der Waals surface area contributed by atoms with Crippen molar-refractivity contribution in [2.24, 2.45) is 40.4 Å². The molecular formula is C36H47NO11. The topological polar surface area (TPSA) is 176 Å². The molecule has 2 N–H and O–H groups in total. The summed E-state index contributed by atoms with van der Waals surface area (Å²) in [6.07, 6.45) is 0.215. The molecule has 0 aromatic carbocycles. The van der Waals surface area contributed by atoms with Crippen molar-refractivity contribution in [2.45, 2.75) is 104 Å². The average molecular weight is 670 g/mol. The lowest BCUT2D eigenvalue weighted by Crippen LogP contribution is -2.66. The number of aliphatic hydroxyl groups is 2. The number of aliphatic hydroxyl groups excluding tert-OH is 1. The van der Waals surface area contributed by atoms with Crippen LogP contribution in [0.25, 0.3) is 0 Å². The van der Waals surface area contributed by atoms with Gasteiger partial charge in [-0.1, -0.05) is 33.8 Å². The van der Waals surface area contributed by atoms with Gasteiger partial charge in [0.2, 0.25) is 5.78 Å². The normalized spacial score (nSPS) is 39.5. The van der Waals surface area contributed by atoms with E-state index in [0.29, 0.717) is 0 Å². The monoisotopic (exact) mass is 669 g/mol. The van der Waals surface area contributed by atoms with Gasteiger partial charge >= 0.3 is 23.9 Å². The van der Waals surface area contributed by atoms with Crippen molar-refractivity contribution in [3.63, 3.8) is 0 Å². The highest BCUT2D eigenvalue weighted by molar-refractivity contribution is 5.98. The maximum atomic E-state index is 15.1. The number of allylic oxidation sites excluding steroid dienone is 1. The molecular weight excluding hydrogens is 622 g/mol. The maximum Gasteiger partial charge on any atom is 0.339 e. The fourth-order valence-electron chi connectivity index (χ4n) is 9.43. The highest BCUT2D eigenvalue weighted by Gasteiger charge is 2.83. The van der Waals surface area contributed by atoms with Crippen molar-refractivity contribution in [2.75, 3.05) is 6.61 Å². The van der Waals surface area contributed by atoms with Crippen LogP contribution in [0.15, 0.2) is 36.2 Å². The minimum absolute atomic E-state index is 0.00727. The predicted molar refractivity (Wildman–Crippen MR) is 169 cm³/mol. The molecule has 262 valence electrons. The van der Waals surface area contributed by atoms with Gasteiger partial charge in [0.15, 0.2) is 5.60 Å². The second-order valence-electron chi connectivity index (χ2n) is 14.9. The Morgan fingerprint density at radius 3 is 2.38 bits per heavy atom. The number of rotatable bonds is 8. The summed E-state index contributed by atoms with van der Waals surface area (Å²) < 4.78 is 24.2. The van der Waals surface area contributed by atoms with Gasteiger partial charge in [-0.3, -0.25) is 19.4 Å². The van der Waals surface area contributed by atoms with E-state index >= 15 is 4.79 Å². The number of carbonyl (C=O) groups excluding carboxylic acids is 5. The highest BCUT2D eigenvalue weighted by atomic mass is 16.6. The minimum Gasteiger partial charge on any atom is -0.462 e. The van der Waals surface area contributed by atoms with Crippen LogP contribution >= 0.6 is 0 Å². The molecule has 12 nitrogen and oxygen atoms in total. The molecule has 0 bridgehead atoms. The van der Waals surface area contributed by atoms with Crippen LogP contribution in [0.3, 0.4) is 0 Å². The second kappa shape index (κ2) is 12.4. The number of pyridine rings is 1. The SMILES string of the molecule is CC=C(C)C(=O)OC1C2C(OC(=O)CC)C(C)CC2(O)C(=O)C(C)(OC(C)=O)C2C3C(CC(O)C12COC(=O)c1cccnc1)C3(C)C. The van der Waals surface area contributed by atoms with E-state index in [4.69, 9.17) is 18.9 Å². The van der Waals surface area contributed by atoms with Crippen molar-refractivity contribution in [1.29, 1.82) is 0 Å². The first kappa shape index (κ1) is 35.7. The average Bonchev–Trinajstić information content (AvgIpc) is 3.48. The Bertz CT molecular complexity index is 1520. The molecule has 11 unspecified atom stereocenters. The van der Waals surface area contributed by atoms with Gasteiger partial charge in [-0.25, -0.2) is 9.59 Å². The van der Waals surface area contributed by atoms with Gasteiger partial charge in [0.05, 0.1) is 23.0 Å². The number of nitrogens with zero attached hydrogens (tertiary/aromatic N) is 1. The first-order valence-electron chi connectivity index (χ1n) is 16.7. The van der Waals surface area contributed by atoms with Crippen molar-refractivity contribution >= 4 is 29.7 Å². The Morgan fingerprint density at radius 2 is 1.79 bits per heavy atom. The zero-order valence-electron chi connectivity index (χ0n) is 28.8. The Hall–Kier alpha value is -3.64. The van der Waals surface area contributed by atoms with Gasteiger partial charge in [-0.15, -0.1) is 0 Å². The standard InChI is InChI=1S/C36H47NO11/c1-9-18(3)30(41)47-29-26-27(46-24(40)10-2)19(4)15-36(26,44)32(43)34(8,48-20(5)38)28-25-22(33(25,6)7)14-23(39)35(28,29)17-45-31(42)21-12-11-13-37-16-21/h9,11-13,16,19,22-23,25-29,39,44H,10,14-15,17H2,1-8H3. The molecule has 4 saturated carbocycles. The molecule has 48 heavy (non-hydrogen) atoms. The van der Waals surface area contributed by atoms with Gasteiger partial charge in [0.25, 0.3) is 0 Å². The molecule has 0 saturated heterocycles. The fraction of sp³-hybridized carbons (Fsp3) is 0.667. The molecule has 5 rings (SSSR count). The lowest BCUT2D eigenvalue weighted by atomic mass is 9.55. The van der Waals surface area contributed by atoms with Gasteiger partial charge in [-0.05, 0) is 68.9 Å². The fourth-order valence-corrected chi connectivity index (χ4v) is 9.43. The van der Waals surface area contributed by atoms with Crippen molar-refractivity contribution in [3.05, 3.63) is 41.7 Å². The van der Waals surface area contributed by atoms with Gasteiger partial charge < -0.3 is 29.2 Å². The van der Waals surface area contributed by atoms with E-state index in [1.165, 1.54) is 38.4 Å². The number of ketones is 1. The van der Waals surface area contributed by atoms with E-state index in [-0.39, 0.29) is 36.3 Å². The summed E-state index contributed by atoms with van der Waals surface area (Å²) in [5.41, 5.74) is -6.42. The first-order valence-corrected chi connectivity index (χ1v) is 16.7. The van der Waals surface area contributed by atoms with Crippen LogP contribution in [0.2, 0.25) is 0 Å². The molecule has 4 fully saturated rings. The maximum absolute atomic E-state index is 15.1. The number of aromatic nitrogens is 1. The van der Waals surface area contributed by atoms with Crippen molar-refractivity contribution in [1.82, 2.24) is 4.98 Å². The Labute approximate surface area is 280 Å². The highest BCUT2D eigenvalue weighted by Crippen LogP contribution is 2.75. The Kier molecular flexibility index (Phi) is 9.18. The van der Waals surface area contributed by atoms with Crippen LogP contribution in [0.5, 0.6) is 0 Å². The number of carbonyl (C=O) groups is 5. The first-order chi connectivity index (χ1) is 22.4. The molecule has 0 radical (unpaired) electrons. The molecule has 0 aliphatic heterocycles. The summed E-state index contributed by atoms with van der Waals surface area (Å²) in [6, 6.07) is 3.07. The van der Waals surface area contributed by atoms with Crippen LogP contribution in [-0.4, -0.2) is 81.0 Å². The number of hydrogen-bond acceptors (Lipinski definition) is 12. The van der Waals surface area contributed by atoms with Gasteiger partial charge in [0.1, 0.15) is 24.4 Å². The molecule has 12 heteroatoms. The van der Waals surface area contributed by atoms with Crippen LogP contribution in [0.1, 0.15) is 85.0 Å². The van der Waals surface area contributed by atoms with E-state index in [1.54, 1.807) is 26.8 Å². The van der Waals surface area contributed by atoms with Gasteiger partial charge in [0, 0.05) is 37.2 Å². The van der Waals surface area contributed by atoms with E-state index < -0.39 is 100 Å².